The second-order valence-corrected chi connectivity index (χ2v) is 3.43. The molecule has 0 spiro atoms. The van der Waals surface area contributed by atoms with Crippen LogP contribution in [0.15, 0.2) is 24.3 Å². The van der Waals surface area contributed by atoms with E-state index in [1.807, 2.05) is 6.92 Å². The van der Waals surface area contributed by atoms with E-state index in [4.69, 9.17) is 20.1 Å². The predicted octanol–water partition coefficient (Wildman–Crippen LogP) is 1.49. The summed E-state index contributed by atoms with van der Waals surface area (Å²) in [4.78, 5) is 20.9. The van der Waals surface area contributed by atoms with Crippen molar-refractivity contribution in [3.8, 4) is 0 Å². The first-order valence-electron chi connectivity index (χ1n) is 5.78. The highest BCUT2D eigenvalue weighted by atomic mass is 16.5. The first kappa shape index (κ1) is 17.1. The van der Waals surface area contributed by atoms with E-state index in [0.717, 1.165) is 13.0 Å². The molecule has 0 fully saturated rings. The third-order valence-corrected chi connectivity index (χ3v) is 2.04. The van der Waals surface area contributed by atoms with Crippen molar-refractivity contribution in [2.24, 2.45) is 0 Å². The molecule has 6 heteroatoms. The number of aromatic carboxylic acids is 2. The van der Waals surface area contributed by atoms with Crippen LogP contribution in [0.3, 0.4) is 0 Å². The molecule has 19 heavy (non-hydrogen) atoms. The summed E-state index contributed by atoms with van der Waals surface area (Å²) in [7, 11) is 0. The number of carboxylic acids is 2. The van der Waals surface area contributed by atoms with Crippen LogP contribution < -0.4 is 0 Å². The highest BCUT2D eigenvalue weighted by molar-refractivity contribution is 6.01. The van der Waals surface area contributed by atoms with Gasteiger partial charge in [-0.1, -0.05) is 12.1 Å². The Morgan fingerprint density at radius 2 is 1.58 bits per heavy atom. The lowest BCUT2D eigenvalue weighted by Crippen LogP contribution is -2.06. The molecule has 0 amide bonds. The van der Waals surface area contributed by atoms with Gasteiger partial charge in [-0.2, -0.15) is 0 Å². The Hall–Kier alpha value is -1.92. The summed E-state index contributed by atoms with van der Waals surface area (Å²) in [6.45, 7) is 3.62. The Bertz CT molecular complexity index is 365. The van der Waals surface area contributed by atoms with E-state index in [-0.39, 0.29) is 17.7 Å². The highest BCUT2D eigenvalue weighted by Crippen LogP contribution is 2.07. The number of rotatable bonds is 6. The number of carboxylic acid groups (broad SMARTS) is 2. The van der Waals surface area contributed by atoms with Crippen LogP contribution in [-0.4, -0.2) is 47.1 Å². The van der Waals surface area contributed by atoms with Gasteiger partial charge in [0.15, 0.2) is 0 Å². The van der Waals surface area contributed by atoms with E-state index in [2.05, 4.69) is 0 Å². The minimum Gasteiger partial charge on any atom is -0.478 e. The lowest BCUT2D eigenvalue weighted by atomic mass is 10.1. The molecule has 0 aliphatic carbocycles. The zero-order valence-corrected chi connectivity index (χ0v) is 10.7. The van der Waals surface area contributed by atoms with Crippen molar-refractivity contribution in [1.82, 2.24) is 0 Å². The normalized spacial score (nSPS) is 9.37. The van der Waals surface area contributed by atoms with Crippen LogP contribution in [0.2, 0.25) is 0 Å². The van der Waals surface area contributed by atoms with Gasteiger partial charge in [0.05, 0.1) is 11.1 Å². The first-order valence-corrected chi connectivity index (χ1v) is 5.78. The summed E-state index contributed by atoms with van der Waals surface area (Å²) in [6, 6.07) is 5.48. The Morgan fingerprint density at radius 3 is 1.89 bits per heavy atom. The summed E-state index contributed by atoms with van der Waals surface area (Å²) < 4.78 is 4.91. The van der Waals surface area contributed by atoms with Crippen LogP contribution in [0.5, 0.6) is 0 Å². The van der Waals surface area contributed by atoms with Gasteiger partial charge in [-0.3, -0.25) is 0 Å². The Balaban J connectivity index is 0.000000399. The molecule has 0 heterocycles. The molecule has 1 rings (SSSR count). The number of hydrogen-bond acceptors (Lipinski definition) is 4. The number of ether oxygens (including phenoxy) is 1. The average molecular weight is 270 g/mol. The quantitative estimate of drug-likeness (QED) is 0.676. The van der Waals surface area contributed by atoms with Crippen molar-refractivity contribution < 1.29 is 29.6 Å². The van der Waals surface area contributed by atoms with Gasteiger partial charge in [-0.25, -0.2) is 9.59 Å². The summed E-state index contributed by atoms with van der Waals surface area (Å²) in [5.41, 5.74) is -0.380. The Morgan fingerprint density at radius 1 is 1.11 bits per heavy atom. The van der Waals surface area contributed by atoms with Gasteiger partial charge in [-0.15, -0.1) is 0 Å². The lowest BCUT2D eigenvalue weighted by molar-refractivity contribution is 0.0651. The van der Waals surface area contributed by atoms with Crippen LogP contribution in [0.25, 0.3) is 0 Å². The van der Waals surface area contributed by atoms with Gasteiger partial charge >= 0.3 is 11.9 Å². The Kier molecular flexibility index (Phi) is 9.03. The smallest absolute Gasteiger partial charge is 0.336 e. The van der Waals surface area contributed by atoms with Crippen LogP contribution >= 0.6 is 0 Å². The van der Waals surface area contributed by atoms with Crippen LogP contribution in [0.1, 0.15) is 34.1 Å². The number of benzene rings is 1. The van der Waals surface area contributed by atoms with Crippen molar-refractivity contribution in [2.45, 2.75) is 13.3 Å². The van der Waals surface area contributed by atoms with Gasteiger partial charge in [0.1, 0.15) is 0 Å². The molecule has 0 saturated carbocycles. The number of hydrogen-bond donors (Lipinski definition) is 3. The molecule has 0 aliphatic heterocycles. The molecule has 0 radical (unpaired) electrons. The standard InChI is InChI=1S/C8H6O4.C5H12O2/c9-7(10)5-3-1-2-4-6(5)8(11)12;1-2-7-5-3-4-6/h1-4H,(H,9,10)(H,11,12);6H,2-5H2,1H3. The second-order valence-electron chi connectivity index (χ2n) is 3.43. The fourth-order valence-electron chi connectivity index (χ4n) is 1.17. The maximum atomic E-state index is 10.5. The fourth-order valence-corrected chi connectivity index (χ4v) is 1.17. The van der Waals surface area contributed by atoms with E-state index < -0.39 is 11.9 Å². The van der Waals surface area contributed by atoms with E-state index in [1.54, 1.807) is 0 Å². The van der Waals surface area contributed by atoms with Crippen molar-refractivity contribution in [2.75, 3.05) is 19.8 Å². The fraction of sp³-hybridized carbons (Fsp3) is 0.385. The number of carbonyl (C=O) groups is 2. The third-order valence-electron chi connectivity index (χ3n) is 2.04. The second kappa shape index (κ2) is 10.0. The highest BCUT2D eigenvalue weighted by Gasteiger charge is 2.13. The summed E-state index contributed by atoms with van der Waals surface area (Å²) in [5, 5.41) is 25.3. The van der Waals surface area contributed by atoms with Crippen LogP contribution in [0, 0.1) is 0 Å². The van der Waals surface area contributed by atoms with Gasteiger partial charge in [0.25, 0.3) is 0 Å². The SMILES string of the molecule is CCOCCCO.O=C(O)c1ccccc1C(=O)O. The molecular weight excluding hydrogens is 252 g/mol. The van der Waals surface area contributed by atoms with E-state index >= 15 is 0 Å². The molecule has 0 atom stereocenters. The molecule has 6 nitrogen and oxygen atoms in total. The number of aliphatic hydroxyl groups excluding tert-OH is 1. The monoisotopic (exact) mass is 270 g/mol. The summed E-state index contributed by atoms with van der Waals surface area (Å²) in [5.74, 6) is -2.46. The minimum atomic E-state index is -1.23. The van der Waals surface area contributed by atoms with E-state index in [9.17, 15) is 9.59 Å². The van der Waals surface area contributed by atoms with Crippen LogP contribution in [-0.2, 0) is 4.74 Å². The van der Waals surface area contributed by atoms with Gasteiger partial charge in [0, 0.05) is 19.8 Å². The van der Waals surface area contributed by atoms with Crippen molar-refractivity contribution in [3.63, 3.8) is 0 Å². The molecule has 1 aromatic rings. The van der Waals surface area contributed by atoms with Crippen LogP contribution in [0.4, 0.5) is 0 Å². The molecule has 0 saturated heterocycles. The van der Waals surface area contributed by atoms with E-state index in [0.29, 0.717) is 6.61 Å². The molecule has 106 valence electrons. The largest absolute Gasteiger partial charge is 0.478 e. The lowest BCUT2D eigenvalue weighted by Gasteiger charge is -1.98. The Labute approximate surface area is 111 Å². The van der Waals surface area contributed by atoms with Crippen molar-refractivity contribution >= 4 is 11.9 Å². The molecule has 3 N–H and O–H groups in total. The molecule has 0 bridgehead atoms. The summed E-state index contributed by atoms with van der Waals surface area (Å²) >= 11 is 0. The zero-order valence-electron chi connectivity index (χ0n) is 10.7. The minimum absolute atomic E-state index is 0.190. The van der Waals surface area contributed by atoms with E-state index in [1.165, 1.54) is 24.3 Å². The van der Waals surface area contributed by atoms with Gasteiger partial charge < -0.3 is 20.1 Å². The van der Waals surface area contributed by atoms with Crippen molar-refractivity contribution in [1.29, 1.82) is 0 Å². The zero-order chi connectivity index (χ0) is 14.7. The molecule has 0 unspecified atom stereocenters. The average Bonchev–Trinajstić information content (AvgIpc) is 2.40. The molecule has 0 aliphatic rings. The molecule has 1 aromatic carbocycles. The molecule has 0 aromatic heterocycles. The van der Waals surface area contributed by atoms with Crippen molar-refractivity contribution in [3.05, 3.63) is 35.4 Å². The van der Waals surface area contributed by atoms with Gasteiger partial charge in [-0.05, 0) is 25.5 Å². The molecular formula is C13H18O6. The number of aliphatic hydroxyl groups is 1. The maximum absolute atomic E-state index is 10.5. The predicted molar refractivity (Wildman–Crippen MR) is 68.6 cm³/mol. The summed E-state index contributed by atoms with van der Waals surface area (Å²) in [6.07, 6.45) is 0.758. The topological polar surface area (TPSA) is 104 Å². The third kappa shape index (κ3) is 7.17. The maximum Gasteiger partial charge on any atom is 0.336 e. The van der Waals surface area contributed by atoms with Gasteiger partial charge in [0.2, 0.25) is 0 Å². The first-order chi connectivity index (χ1) is 9.04.